The molecule has 1 aliphatic heterocycles. The van der Waals surface area contributed by atoms with Gasteiger partial charge in [0.1, 0.15) is 0 Å². The standard InChI is InChI=1S/CH4Cl4N3P3/c1-9-6-10(2,3)8-11(4,5)7-9/h9H,1H3. The van der Waals surface area contributed by atoms with Crippen molar-refractivity contribution < 1.29 is 0 Å². The SMILES string of the molecule is C[PH]1=NP(Cl)(Cl)=NP(Cl)(Cl)=N1. The van der Waals surface area contributed by atoms with Crippen LogP contribution in [0.1, 0.15) is 0 Å². The van der Waals surface area contributed by atoms with E-state index in [9.17, 15) is 0 Å². The molecule has 0 radical (unpaired) electrons. The molecule has 66 valence electrons. The van der Waals surface area contributed by atoms with E-state index in [1.54, 1.807) is 0 Å². The second kappa shape index (κ2) is 3.54. The quantitative estimate of drug-likeness (QED) is 0.507. The molecule has 1 heterocycles. The average molecular weight is 293 g/mol. The van der Waals surface area contributed by atoms with E-state index in [-0.39, 0.29) is 0 Å². The van der Waals surface area contributed by atoms with Crippen molar-refractivity contribution in [2.75, 3.05) is 6.66 Å². The van der Waals surface area contributed by atoms with Crippen LogP contribution < -0.4 is 0 Å². The molecule has 1 unspecified atom stereocenters. The maximum Gasteiger partial charge on any atom is 0.255 e. The zero-order valence-electron chi connectivity index (χ0n) is 5.25. The highest BCUT2D eigenvalue weighted by Crippen LogP contribution is 2.80. The van der Waals surface area contributed by atoms with Gasteiger partial charge in [-0.15, -0.1) is 0 Å². The lowest BCUT2D eigenvalue weighted by Crippen LogP contribution is -1.60. The van der Waals surface area contributed by atoms with E-state index in [4.69, 9.17) is 45.0 Å². The Bertz CT molecular complexity index is 299. The third-order valence-corrected chi connectivity index (χ3v) is 11.9. The maximum atomic E-state index is 5.72. The number of rotatable bonds is 0. The van der Waals surface area contributed by atoms with Gasteiger partial charge in [0.05, 0.1) is 7.86 Å². The van der Waals surface area contributed by atoms with Gasteiger partial charge >= 0.3 is 0 Å². The van der Waals surface area contributed by atoms with Gasteiger partial charge in [-0.2, -0.15) is 4.52 Å². The highest BCUT2D eigenvalue weighted by Gasteiger charge is 2.22. The Hall–Kier alpha value is 1.85. The first-order valence-corrected chi connectivity index (χ1v) is 11.3. The lowest BCUT2D eigenvalue weighted by atomic mass is 12.0. The predicted molar refractivity (Wildman–Crippen MR) is 58.8 cm³/mol. The first-order valence-electron chi connectivity index (χ1n) is 2.42. The summed E-state index contributed by atoms with van der Waals surface area (Å²) in [5.41, 5.74) is 0. The van der Waals surface area contributed by atoms with Crippen molar-refractivity contribution in [1.82, 2.24) is 0 Å². The number of halogens is 4. The molecular formula is CH4Cl4N3P3. The molecule has 0 fully saturated rings. The van der Waals surface area contributed by atoms with Gasteiger partial charge in [0.2, 0.25) is 0 Å². The number of hydrogen-bond donors (Lipinski definition) is 0. The predicted octanol–water partition coefficient (Wildman–Crippen LogP) is 5.79. The Labute approximate surface area is 84.7 Å². The largest absolute Gasteiger partial charge is 0.255 e. The van der Waals surface area contributed by atoms with Gasteiger partial charge in [0.25, 0.3) is 11.8 Å². The van der Waals surface area contributed by atoms with E-state index >= 15 is 0 Å². The van der Waals surface area contributed by atoms with Crippen molar-refractivity contribution in [3.05, 3.63) is 0 Å². The van der Waals surface area contributed by atoms with Crippen molar-refractivity contribution in [1.29, 1.82) is 0 Å². The molecule has 0 amide bonds. The third kappa shape index (κ3) is 3.61. The first kappa shape index (κ1) is 10.9. The van der Waals surface area contributed by atoms with Crippen LogP contribution in [-0.2, 0) is 0 Å². The smallest absolute Gasteiger partial charge is 0.217 e. The summed E-state index contributed by atoms with van der Waals surface area (Å²) in [6.45, 7) is 1.82. The van der Waals surface area contributed by atoms with E-state index in [1.807, 2.05) is 6.66 Å². The summed E-state index contributed by atoms with van der Waals surface area (Å²) in [6.07, 6.45) is 0. The molecule has 11 heavy (non-hydrogen) atoms. The Morgan fingerprint density at radius 3 is 2.00 bits per heavy atom. The molecule has 1 aliphatic rings. The summed E-state index contributed by atoms with van der Waals surface area (Å²) >= 11 is 22.9. The molecule has 0 saturated carbocycles. The molecule has 0 N–H and O–H groups in total. The lowest BCUT2D eigenvalue weighted by molar-refractivity contribution is 1.78. The molecule has 1 atom stereocenters. The Balaban J connectivity index is 3.31. The van der Waals surface area contributed by atoms with Crippen molar-refractivity contribution >= 4 is 64.6 Å². The molecule has 0 saturated heterocycles. The molecule has 0 aromatic carbocycles. The van der Waals surface area contributed by atoms with Crippen molar-refractivity contribution in [3.8, 4) is 0 Å². The maximum absolute atomic E-state index is 5.72. The Morgan fingerprint density at radius 1 is 1.09 bits per heavy atom. The van der Waals surface area contributed by atoms with Crippen LogP contribution in [0.5, 0.6) is 0 Å². The van der Waals surface area contributed by atoms with Gasteiger partial charge in [-0.3, -0.25) is 0 Å². The van der Waals surface area contributed by atoms with Gasteiger partial charge in [0, 0.05) is 0 Å². The summed E-state index contributed by atoms with van der Waals surface area (Å²) in [7, 11) is -1.28. The minimum absolute atomic E-state index is 1.28. The van der Waals surface area contributed by atoms with Gasteiger partial charge in [-0.05, 0) is 51.6 Å². The van der Waals surface area contributed by atoms with Crippen LogP contribution >= 0.6 is 64.6 Å². The third-order valence-electron chi connectivity index (χ3n) is 0.745. The van der Waals surface area contributed by atoms with Crippen LogP contribution in [-0.4, -0.2) is 6.66 Å². The van der Waals surface area contributed by atoms with Crippen molar-refractivity contribution in [2.45, 2.75) is 0 Å². The Kier molecular flexibility index (Phi) is 3.52. The normalized spacial score (nSPS) is 33.0. The van der Waals surface area contributed by atoms with E-state index < -0.39 is 19.7 Å². The number of hydrogen-bond acceptors (Lipinski definition) is 3. The van der Waals surface area contributed by atoms with Crippen molar-refractivity contribution in [2.24, 2.45) is 13.5 Å². The molecule has 1 rings (SSSR count). The monoisotopic (exact) mass is 291 g/mol. The zero-order chi connectivity index (χ0) is 8.70. The fraction of sp³-hybridized carbons (Fsp3) is 1.00. The van der Waals surface area contributed by atoms with Crippen LogP contribution in [0.4, 0.5) is 0 Å². The Morgan fingerprint density at radius 2 is 1.64 bits per heavy atom. The van der Waals surface area contributed by atoms with Gasteiger partial charge in [0.15, 0.2) is 0 Å². The molecular weight excluding hydrogens is 289 g/mol. The summed E-state index contributed by atoms with van der Waals surface area (Å²) < 4.78 is 11.7. The molecule has 3 nitrogen and oxygen atoms in total. The summed E-state index contributed by atoms with van der Waals surface area (Å²) in [6, 6.07) is 0. The average Bonchev–Trinajstić information content (AvgIpc) is 1.49. The second-order valence-corrected chi connectivity index (χ2v) is 13.7. The van der Waals surface area contributed by atoms with Crippen LogP contribution in [0, 0.1) is 0 Å². The van der Waals surface area contributed by atoms with Crippen LogP contribution in [0.25, 0.3) is 0 Å². The van der Waals surface area contributed by atoms with Gasteiger partial charge in [-0.25, -0.2) is 9.03 Å². The molecule has 0 bridgehead atoms. The van der Waals surface area contributed by atoms with Gasteiger partial charge < -0.3 is 0 Å². The second-order valence-electron chi connectivity index (χ2n) is 1.75. The van der Waals surface area contributed by atoms with Gasteiger partial charge in [-0.1, -0.05) is 0 Å². The van der Waals surface area contributed by atoms with Crippen LogP contribution in [0.2, 0.25) is 0 Å². The molecule has 0 aromatic rings. The van der Waals surface area contributed by atoms with Crippen molar-refractivity contribution in [3.63, 3.8) is 0 Å². The summed E-state index contributed by atoms with van der Waals surface area (Å²) in [4.78, 5) is 0. The topological polar surface area (TPSA) is 37.1 Å². The van der Waals surface area contributed by atoms with E-state index in [1.165, 1.54) is 0 Å². The fourth-order valence-corrected chi connectivity index (χ4v) is 14.6. The first-order chi connectivity index (χ1) is 4.81. The van der Waals surface area contributed by atoms with E-state index in [0.717, 1.165) is 0 Å². The molecule has 0 aliphatic carbocycles. The summed E-state index contributed by atoms with van der Waals surface area (Å²) in [5, 5.41) is 0. The minimum atomic E-state index is -2.58. The van der Waals surface area contributed by atoms with Crippen LogP contribution in [0.15, 0.2) is 13.5 Å². The fourth-order valence-electron chi connectivity index (χ4n) is 0.538. The molecule has 0 aromatic heterocycles. The number of nitrogens with zero attached hydrogens (tertiary/aromatic N) is 3. The highest BCUT2D eigenvalue weighted by atomic mass is 35.9. The summed E-state index contributed by atoms with van der Waals surface area (Å²) in [5.74, 6) is -5.17. The van der Waals surface area contributed by atoms with E-state index in [2.05, 4.69) is 13.5 Å². The molecule has 0 spiro atoms. The van der Waals surface area contributed by atoms with E-state index in [0.29, 0.717) is 0 Å². The van der Waals surface area contributed by atoms with Crippen LogP contribution in [0.3, 0.4) is 0 Å². The minimum Gasteiger partial charge on any atom is -0.217 e. The zero-order valence-corrected chi connectivity index (χ0v) is 11.1. The lowest BCUT2D eigenvalue weighted by Gasteiger charge is -2.13. The molecule has 10 heteroatoms. The highest BCUT2D eigenvalue weighted by molar-refractivity contribution is 8.20.